The van der Waals surface area contributed by atoms with E-state index in [1.807, 2.05) is 0 Å². The molecule has 3 aromatic rings. The van der Waals surface area contributed by atoms with E-state index < -0.39 is 85.8 Å². The zero-order chi connectivity index (χ0) is 43.9. The molecule has 5 atom stereocenters. The van der Waals surface area contributed by atoms with Crippen molar-refractivity contribution < 1.29 is 51.3 Å². The van der Waals surface area contributed by atoms with E-state index in [0.29, 0.717) is 41.1 Å². The number of fused-ring (bicyclic) bond motifs is 1. The molecule has 20 heteroatoms. The fourth-order valence-corrected chi connectivity index (χ4v) is 8.39. The van der Waals surface area contributed by atoms with E-state index in [4.69, 9.17) is 18.9 Å². The predicted molar refractivity (Wildman–Crippen MR) is 218 cm³/mol. The lowest BCUT2D eigenvalue weighted by Gasteiger charge is -2.36. The molecule has 4 N–H and O–H groups in total. The normalized spacial score (nSPS) is 21.9. The van der Waals surface area contributed by atoms with Gasteiger partial charge in [-0.05, 0) is 57.6 Å². The highest BCUT2D eigenvalue weighted by Gasteiger charge is 2.62. The first-order chi connectivity index (χ1) is 28.1. The number of anilines is 1. The van der Waals surface area contributed by atoms with Crippen LogP contribution in [0.5, 0.6) is 11.5 Å². The summed E-state index contributed by atoms with van der Waals surface area (Å²) in [5.74, 6) is -2.07. The van der Waals surface area contributed by atoms with Gasteiger partial charge in [-0.2, -0.15) is 0 Å². The van der Waals surface area contributed by atoms with Crippen molar-refractivity contribution in [1.29, 1.82) is 0 Å². The van der Waals surface area contributed by atoms with Gasteiger partial charge in [0.15, 0.2) is 11.5 Å². The SMILES string of the molecule is C=CC1C[C@]1(NC(=O)[C@@H]1C[C@@H](OC(=O)Nc2ccccc2-n2nc3cc(OC)c(OC)cc3n2)CN1C(=O)[C@@H](NC(=O)OC(C)(C)C)C(C)(C)C)C(=O)NS(=O)(=O)C1CC1. The molecule has 2 aliphatic carbocycles. The number of nitrogens with one attached hydrogen (secondary N) is 4. The number of ether oxygens (including phenoxy) is 4. The van der Waals surface area contributed by atoms with Gasteiger partial charge in [0.05, 0.1) is 31.7 Å². The first-order valence-corrected chi connectivity index (χ1v) is 21.0. The maximum absolute atomic E-state index is 14.5. The predicted octanol–water partition coefficient (Wildman–Crippen LogP) is 3.56. The smallest absolute Gasteiger partial charge is 0.412 e. The van der Waals surface area contributed by atoms with Gasteiger partial charge in [-0.25, -0.2) is 18.0 Å². The van der Waals surface area contributed by atoms with Crippen molar-refractivity contribution in [3.05, 3.63) is 49.1 Å². The number of hydrogen-bond acceptors (Lipinski definition) is 13. The zero-order valence-corrected chi connectivity index (χ0v) is 35.7. The van der Waals surface area contributed by atoms with Crippen LogP contribution < -0.4 is 30.1 Å². The van der Waals surface area contributed by atoms with Gasteiger partial charge in [0, 0.05) is 24.5 Å². The molecule has 60 heavy (non-hydrogen) atoms. The van der Waals surface area contributed by atoms with E-state index in [1.165, 1.54) is 30.0 Å². The van der Waals surface area contributed by atoms with Gasteiger partial charge < -0.3 is 34.5 Å². The molecule has 1 saturated heterocycles. The molecule has 3 fully saturated rings. The standard InChI is InChI=1S/C40H52N8O11S/c1-10-22-20-40(22,35(51)46-60(54,55)24-15-16-24)43-33(49)29-17-23(21-47(29)34(50)32(38(2,3)4)42-37(53)59-39(5,6)7)58-36(52)41-25-13-11-12-14-28(25)48-44-26-18-30(56-8)31(57-9)19-27(26)45-48/h10-14,18-19,22-24,29,32H,1,15-17,20-21H2,2-9H3,(H,41,52)(H,42,53)(H,43,49)(H,46,51)/t22?,23-,29+,32-,40-/m1/s1. The fraction of sp³-hybridized carbons (Fsp3) is 0.525. The van der Waals surface area contributed by atoms with Crippen LogP contribution in [0.2, 0.25) is 0 Å². The average Bonchev–Trinajstić information content (AvgIpc) is 4.06. The Labute approximate surface area is 347 Å². The second-order valence-electron chi connectivity index (χ2n) is 17.2. The van der Waals surface area contributed by atoms with Crippen LogP contribution in [0.25, 0.3) is 16.7 Å². The van der Waals surface area contributed by atoms with Gasteiger partial charge >= 0.3 is 12.2 Å². The molecule has 1 aromatic heterocycles. The first-order valence-electron chi connectivity index (χ1n) is 19.5. The highest BCUT2D eigenvalue weighted by molar-refractivity contribution is 7.91. The summed E-state index contributed by atoms with van der Waals surface area (Å²) in [5, 5.41) is 16.5. The summed E-state index contributed by atoms with van der Waals surface area (Å²) in [6.07, 6.45) is -0.688. The monoisotopic (exact) mass is 852 g/mol. The minimum atomic E-state index is -3.96. The van der Waals surface area contributed by atoms with E-state index in [9.17, 15) is 32.4 Å². The van der Waals surface area contributed by atoms with E-state index in [0.717, 1.165) is 0 Å². The number of nitrogens with zero attached hydrogens (tertiary/aromatic N) is 4. The molecule has 5 amide bonds. The van der Waals surface area contributed by atoms with Crippen molar-refractivity contribution in [1.82, 2.24) is 35.2 Å². The van der Waals surface area contributed by atoms with Crippen molar-refractivity contribution >= 4 is 56.7 Å². The number of para-hydroxylation sites is 2. The summed E-state index contributed by atoms with van der Waals surface area (Å²) in [4.78, 5) is 71.4. The molecule has 0 radical (unpaired) electrons. The van der Waals surface area contributed by atoms with Crippen molar-refractivity contribution in [2.75, 3.05) is 26.1 Å². The average molecular weight is 853 g/mol. The van der Waals surface area contributed by atoms with Crippen LogP contribution >= 0.6 is 0 Å². The summed E-state index contributed by atoms with van der Waals surface area (Å²) >= 11 is 0. The topological polar surface area (TPSA) is 238 Å². The molecule has 0 spiro atoms. The van der Waals surface area contributed by atoms with E-state index >= 15 is 0 Å². The Hall–Kier alpha value is -5.92. The van der Waals surface area contributed by atoms with Gasteiger partial charge in [-0.3, -0.25) is 24.4 Å². The Morgan fingerprint density at radius 3 is 2.10 bits per heavy atom. The number of carbonyl (C=O) groups excluding carboxylic acids is 5. The molecule has 2 heterocycles. The molecule has 3 aliphatic rings. The third-order valence-electron chi connectivity index (χ3n) is 10.4. The van der Waals surface area contributed by atoms with E-state index in [2.05, 4.69) is 37.4 Å². The lowest BCUT2D eigenvalue weighted by molar-refractivity contribution is -0.143. The third-order valence-corrected chi connectivity index (χ3v) is 12.2. The number of benzene rings is 2. The summed E-state index contributed by atoms with van der Waals surface area (Å²) < 4.78 is 49.6. The Kier molecular flexibility index (Phi) is 11.8. The van der Waals surface area contributed by atoms with Crippen molar-refractivity contribution in [2.45, 2.75) is 102 Å². The molecule has 1 aliphatic heterocycles. The molecular formula is C40H52N8O11S. The second-order valence-corrected chi connectivity index (χ2v) is 19.2. The minimum absolute atomic E-state index is 0.0727. The molecule has 1 unspecified atom stereocenters. The molecule has 0 bridgehead atoms. The summed E-state index contributed by atoms with van der Waals surface area (Å²) in [6.45, 7) is 13.7. The lowest BCUT2D eigenvalue weighted by Crippen LogP contribution is -2.60. The highest BCUT2D eigenvalue weighted by Crippen LogP contribution is 2.45. The molecule has 324 valence electrons. The van der Waals surface area contributed by atoms with Crippen LogP contribution in [-0.4, -0.2) is 114 Å². The first kappa shape index (κ1) is 43.7. The van der Waals surface area contributed by atoms with Crippen molar-refractivity contribution in [3.63, 3.8) is 0 Å². The Morgan fingerprint density at radius 2 is 1.57 bits per heavy atom. The summed E-state index contributed by atoms with van der Waals surface area (Å²) in [6, 6.07) is 7.50. The number of likely N-dealkylation sites (tertiary alicyclic amines) is 1. The molecular weight excluding hydrogens is 801 g/mol. The van der Waals surface area contributed by atoms with Gasteiger partial charge in [0.1, 0.15) is 46.0 Å². The number of sulfonamides is 1. The minimum Gasteiger partial charge on any atom is -0.493 e. The van der Waals surface area contributed by atoms with Crippen LogP contribution in [0.4, 0.5) is 15.3 Å². The van der Waals surface area contributed by atoms with Crippen LogP contribution in [-0.2, 0) is 33.9 Å². The molecule has 2 saturated carbocycles. The van der Waals surface area contributed by atoms with Crippen LogP contribution in [0, 0.1) is 11.3 Å². The van der Waals surface area contributed by atoms with E-state index in [-0.39, 0.29) is 25.1 Å². The number of alkyl carbamates (subject to hydrolysis) is 1. The second kappa shape index (κ2) is 16.3. The van der Waals surface area contributed by atoms with Crippen molar-refractivity contribution in [2.24, 2.45) is 11.3 Å². The number of amides is 5. The van der Waals surface area contributed by atoms with Crippen LogP contribution in [0.3, 0.4) is 0 Å². The number of hydrogen-bond donors (Lipinski definition) is 4. The lowest BCUT2D eigenvalue weighted by atomic mass is 9.85. The molecule has 6 rings (SSSR count). The molecule has 2 aromatic carbocycles. The Bertz CT molecular complexity index is 2270. The summed E-state index contributed by atoms with van der Waals surface area (Å²) in [5.41, 5.74) is -1.78. The fourth-order valence-electron chi connectivity index (χ4n) is 7.03. The molecule has 19 nitrogen and oxygen atoms in total. The van der Waals surface area contributed by atoms with Gasteiger partial charge in [0.2, 0.25) is 21.8 Å². The van der Waals surface area contributed by atoms with Crippen LogP contribution in [0.15, 0.2) is 49.1 Å². The van der Waals surface area contributed by atoms with Gasteiger partial charge in [-0.15, -0.1) is 21.6 Å². The Morgan fingerprint density at radius 1 is 0.950 bits per heavy atom. The number of rotatable bonds is 13. The van der Waals surface area contributed by atoms with Crippen molar-refractivity contribution in [3.8, 4) is 17.2 Å². The van der Waals surface area contributed by atoms with Crippen LogP contribution in [0.1, 0.15) is 67.2 Å². The number of aromatic nitrogens is 3. The maximum atomic E-state index is 14.5. The Balaban J connectivity index is 1.25. The zero-order valence-electron chi connectivity index (χ0n) is 34.9. The largest absolute Gasteiger partial charge is 0.493 e. The summed E-state index contributed by atoms with van der Waals surface area (Å²) in [7, 11) is -0.955. The van der Waals surface area contributed by atoms with E-state index in [1.54, 1.807) is 77.9 Å². The highest BCUT2D eigenvalue weighted by atomic mass is 32.2. The third kappa shape index (κ3) is 9.42. The number of carbonyl (C=O) groups is 5. The van der Waals surface area contributed by atoms with Gasteiger partial charge in [0.25, 0.3) is 5.91 Å². The van der Waals surface area contributed by atoms with Gasteiger partial charge in [-0.1, -0.05) is 39.0 Å². The number of methoxy groups -OCH3 is 2. The quantitative estimate of drug-likeness (QED) is 0.180. The maximum Gasteiger partial charge on any atom is 0.412 e.